The number of aryl methyl sites for hydroxylation is 1. The number of β-amino-alcohol motifs (C(OH)–C–C–N with tert-alkyl or cyclic N) is 1. The second kappa shape index (κ2) is 21.1. The van der Waals surface area contributed by atoms with E-state index >= 15 is 0 Å². The van der Waals surface area contributed by atoms with Crippen molar-refractivity contribution in [3.05, 3.63) is 102 Å². The number of nitrogen functional groups attached to an aromatic ring is 1. The number of pyridine rings is 1. The van der Waals surface area contributed by atoms with Gasteiger partial charge in [0.15, 0.2) is 11.6 Å². The van der Waals surface area contributed by atoms with Crippen molar-refractivity contribution in [1.29, 1.82) is 0 Å². The summed E-state index contributed by atoms with van der Waals surface area (Å²) in [5.41, 5.74) is 14.5. The van der Waals surface area contributed by atoms with Crippen molar-refractivity contribution in [2.45, 2.75) is 108 Å². The average molecular weight is 1030 g/mol. The van der Waals surface area contributed by atoms with E-state index < -0.39 is 24.3 Å². The first kappa shape index (κ1) is 49.8. The Bertz CT molecular complexity index is 2890. The lowest BCUT2D eigenvalue weighted by molar-refractivity contribution is -0.131. The van der Waals surface area contributed by atoms with Crippen LogP contribution in [-0.2, 0) is 4.79 Å². The SMILES string of the molecule is Cc1ncsc1-c1ccc([C@H](C)NC(=O)[C@@H]2C[C@@H](O)CN2C(O)[C@H](c2cc(N3CCN(C[C@H]4C[C@H](Oc5cc(N6C7CCC6CN(c6cc(-c8ccccc8O)nnc6N)C7)ccn5)C4)CC3)no2)C(C)C)cc1. The number of amides is 1. The predicted octanol–water partition coefficient (Wildman–Crippen LogP) is 6.45. The van der Waals surface area contributed by atoms with Gasteiger partial charge in [0.2, 0.25) is 11.8 Å². The molecule has 19 heteroatoms. The Hall–Kier alpha value is -6.38. The molecule has 6 N–H and O–H groups in total. The zero-order valence-electron chi connectivity index (χ0n) is 42.6. The molecule has 5 aliphatic rings. The number of para-hydroxylation sites is 1. The van der Waals surface area contributed by atoms with Gasteiger partial charge in [-0.25, -0.2) is 9.97 Å². The lowest BCUT2D eigenvalue weighted by Crippen LogP contribution is -2.54. The highest BCUT2D eigenvalue weighted by Gasteiger charge is 2.45. The van der Waals surface area contributed by atoms with E-state index in [1.807, 2.05) is 75.8 Å². The number of piperazine rings is 2. The number of nitrogens with zero attached hydrogens (tertiary/aromatic N) is 10. The van der Waals surface area contributed by atoms with Crippen LogP contribution in [0.15, 0.2) is 89.0 Å². The quantitative estimate of drug-likeness (QED) is 0.0703. The number of rotatable bonds is 16. The number of fused-ring (bicyclic) bond motifs is 2. The van der Waals surface area contributed by atoms with Gasteiger partial charge in [0.1, 0.15) is 23.8 Å². The van der Waals surface area contributed by atoms with Crippen molar-refractivity contribution in [2.24, 2.45) is 11.8 Å². The number of carbonyl (C=O) groups is 1. The van der Waals surface area contributed by atoms with Gasteiger partial charge in [-0.1, -0.05) is 55.4 Å². The van der Waals surface area contributed by atoms with Crippen LogP contribution >= 0.6 is 11.3 Å². The third-order valence-corrected chi connectivity index (χ3v) is 17.1. The Morgan fingerprint density at radius 1 is 0.919 bits per heavy atom. The minimum atomic E-state index is -1.07. The molecule has 5 fully saturated rings. The molecular weight excluding hydrogens is 957 g/mol. The van der Waals surface area contributed by atoms with Crippen LogP contribution in [-0.4, -0.2) is 145 Å². The van der Waals surface area contributed by atoms with E-state index in [1.165, 1.54) is 0 Å². The highest BCUT2D eigenvalue weighted by molar-refractivity contribution is 7.13. The number of thiazole rings is 1. The Morgan fingerprint density at radius 2 is 1.68 bits per heavy atom. The monoisotopic (exact) mass is 1020 g/mol. The number of aromatic nitrogens is 5. The highest BCUT2D eigenvalue weighted by atomic mass is 32.1. The fourth-order valence-electron chi connectivity index (χ4n) is 12.1. The Labute approximate surface area is 436 Å². The van der Waals surface area contributed by atoms with Gasteiger partial charge in [-0.05, 0) is 93.2 Å². The topological polar surface area (TPSA) is 219 Å². The molecule has 390 valence electrons. The largest absolute Gasteiger partial charge is 0.507 e. The molecule has 0 radical (unpaired) electrons. The molecule has 74 heavy (non-hydrogen) atoms. The van der Waals surface area contributed by atoms with Crippen LogP contribution in [0, 0.1) is 18.8 Å². The number of anilines is 4. The van der Waals surface area contributed by atoms with Crippen molar-refractivity contribution >= 4 is 40.3 Å². The average Bonchev–Trinajstić information content (AvgIpc) is 4.20. The molecule has 1 amide bonds. The molecule has 2 aromatic carbocycles. The zero-order valence-corrected chi connectivity index (χ0v) is 43.4. The van der Waals surface area contributed by atoms with Crippen LogP contribution in [0.5, 0.6) is 11.6 Å². The first-order valence-corrected chi connectivity index (χ1v) is 27.2. The van der Waals surface area contributed by atoms with Crippen molar-refractivity contribution < 1.29 is 29.4 Å². The van der Waals surface area contributed by atoms with E-state index in [9.17, 15) is 20.1 Å². The first-order chi connectivity index (χ1) is 35.8. The summed E-state index contributed by atoms with van der Waals surface area (Å²) in [5, 5.41) is 49.5. The molecule has 6 aromatic rings. The molecule has 3 unspecified atom stereocenters. The van der Waals surface area contributed by atoms with Gasteiger partial charge in [0, 0.05) is 94.0 Å². The number of likely N-dealkylation sites (tertiary alicyclic amines) is 1. The number of phenols is 1. The van der Waals surface area contributed by atoms with Crippen molar-refractivity contribution in [1.82, 2.24) is 40.4 Å². The van der Waals surface area contributed by atoms with Gasteiger partial charge in [-0.3, -0.25) is 14.6 Å². The fraction of sp³-hybridized carbons (Fsp3) is 0.491. The Morgan fingerprint density at radius 3 is 2.39 bits per heavy atom. The number of benzene rings is 2. The Balaban J connectivity index is 0.641. The number of aliphatic hydroxyl groups excluding tert-OH is 2. The smallest absolute Gasteiger partial charge is 0.238 e. The van der Waals surface area contributed by atoms with Crippen LogP contribution < -0.4 is 30.5 Å². The molecule has 1 saturated carbocycles. The fourth-order valence-corrected chi connectivity index (χ4v) is 12.9. The van der Waals surface area contributed by atoms with Crippen molar-refractivity contribution in [3.8, 4) is 33.3 Å². The number of aromatic hydroxyl groups is 1. The molecule has 4 aliphatic heterocycles. The maximum atomic E-state index is 13.9. The molecule has 0 spiro atoms. The van der Waals surface area contributed by atoms with E-state index in [2.05, 4.69) is 74.5 Å². The van der Waals surface area contributed by atoms with Crippen LogP contribution in [0.25, 0.3) is 21.7 Å². The van der Waals surface area contributed by atoms with Crippen LogP contribution in [0.4, 0.5) is 23.0 Å². The molecule has 1 aliphatic carbocycles. The molecule has 4 saturated heterocycles. The molecule has 11 rings (SSSR count). The molecule has 18 nitrogen and oxygen atoms in total. The number of aliphatic hydroxyl groups is 2. The molecule has 7 atom stereocenters. The maximum Gasteiger partial charge on any atom is 0.238 e. The van der Waals surface area contributed by atoms with E-state index in [0.717, 1.165) is 110 Å². The maximum absolute atomic E-state index is 13.9. The van der Waals surface area contributed by atoms with Gasteiger partial charge in [0.05, 0.1) is 51.6 Å². The molecular formula is C55H68N12O6S. The number of hydrogen-bond acceptors (Lipinski definition) is 18. The lowest BCUT2D eigenvalue weighted by Gasteiger charge is -2.43. The first-order valence-electron chi connectivity index (χ1n) is 26.3. The van der Waals surface area contributed by atoms with Crippen LogP contribution in [0.1, 0.15) is 81.9 Å². The number of carbonyl (C=O) groups excluding carboxylic acids is 1. The van der Waals surface area contributed by atoms with Gasteiger partial charge in [0.25, 0.3) is 0 Å². The summed E-state index contributed by atoms with van der Waals surface area (Å²) in [6.07, 6.45) is 4.53. The Kier molecular flexibility index (Phi) is 14.2. The zero-order chi connectivity index (χ0) is 51.2. The normalized spacial score (nSPS) is 24.5. The molecule has 2 bridgehead atoms. The summed E-state index contributed by atoms with van der Waals surface area (Å²) in [5.74, 6) is 2.34. The predicted molar refractivity (Wildman–Crippen MR) is 285 cm³/mol. The molecule has 4 aromatic heterocycles. The summed E-state index contributed by atoms with van der Waals surface area (Å²) in [6, 6.07) is 23.0. The van der Waals surface area contributed by atoms with E-state index in [-0.39, 0.29) is 42.7 Å². The summed E-state index contributed by atoms with van der Waals surface area (Å²) < 4.78 is 12.5. The van der Waals surface area contributed by atoms with Gasteiger partial charge in [-0.2, -0.15) is 0 Å². The number of hydrogen-bond donors (Lipinski definition) is 5. The van der Waals surface area contributed by atoms with Gasteiger partial charge < -0.3 is 50.3 Å². The van der Waals surface area contributed by atoms with E-state index in [4.69, 9.17) is 15.0 Å². The standard InChI is InChI=1S/C55H68N12O6S/c1-32(2)51(55(71)66-30-41(68)24-46(66)54(70)59-33(3)36-9-11-37(12-10-36)52-34(4)58-31-74-52)48-26-49(62-73-48)64-19-17-63(18-20-64)27-35-21-42(22-35)72-50-23-38(15-16-57-50)67-39-13-14-40(67)29-65(28-39)45-25-44(60-61-53(45)56)43-7-5-6-8-47(43)69/h5-12,15-16,23,25-26,31-33,35,39-42,46,51,55,68-69,71H,13-14,17-22,24,27-30H2,1-4H3,(H2,56,61)(H,59,70)/t33-,35-,39?,40?,41+,42-,46-,51-,55?/m0/s1. The number of ether oxygens (including phenoxy) is 1. The van der Waals surface area contributed by atoms with Gasteiger partial charge >= 0.3 is 0 Å². The summed E-state index contributed by atoms with van der Waals surface area (Å²) in [4.78, 5) is 35.3. The number of nitrogens with one attached hydrogen (secondary N) is 1. The van der Waals surface area contributed by atoms with E-state index in [0.29, 0.717) is 46.7 Å². The van der Waals surface area contributed by atoms with Crippen LogP contribution in [0.2, 0.25) is 0 Å². The van der Waals surface area contributed by atoms with Gasteiger partial charge in [-0.15, -0.1) is 21.5 Å². The second-order valence-corrected chi connectivity index (χ2v) is 22.3. The minimum Gasteiger partial charge on any atom is -0.507 e. The number of nitrogens with two attached hydrogens (primary N) is 1. The summed E-state index contributed by atoms with van der Waals surface area (Å²) >= 11 is 1.61. The second-order valence-electron chi connectivity index (χ2n) is 21.4. The van der Waals surface area contributed by atoms with Crippen molar-refractivity contribution in [3.63, 3.8) is 0 Å². The third kappa shape index (κ3) is 10.2. The van der Waals surface area contributed by atoms with E-state index in [1.54, 1.807) is 28.4 Å². The summed E-state index contributed by atoms with van der Waals surface area (Å²) in [7, 11) is 0. The summed E-state index contributed by atoms with van der Waals surface area (Å²) in [6.45, 7) is 14.2. The molecule has 8 heterocycles. The third-order valence-electron chi connectivity index (χ3n) is 16.1. The lowest BCUT2D eigenvalue weighted by atomic mass is 9.82. The van der Waals surface area contributed by atoms with Crippen LogP contribution in [0.3, 0.4) is 0 Å². The number of phenolic OH excluding ortho intramolecular Hbond substituents is 1. The highest BCUT2D eigenvalue weighted by Crippen LogP contribution is 2.41. The minimum absolute atomic E-state index is 0.0409. The van der Waals surface area contributed by atoms with Crippen molar-refractivity contribution in [2.75, 3.05) is 72.8 Å².